The van der Waals surface area contributed by atoms with E-state index in [0.29, 0.717) is 18.3 Å². The molecule has 2 heterocycles. The molecule has 0 radical (unpaired) electrons. The molecule has 1 fully saturated rings. The van der Waals surface area contributed by atoms with Crippen molar-refractivity contribution in [2.45, 2.75) is 32.5 Å². The van der Waals surface area contributed by atoms with Crippen molar-refractivity contribution in [2.24, 2.45) is 5.73 Å². The summed E-state index contributed by atoms with van der Waals surface area (Å²) in [5.74, 6) is 1.11. The number of carbonyl (C=O) groups is 1. The minimum absolute atomic E-state index is 0.126. The van der Waals surface area contributed by atoms with Crippen LogP contribution in [0.2, 0.25) is 0 Å². The van der Waals surface area contributed by atoms with E-state index in [-0.39, 0.29) is 18.5 Å². The van der Waals surface area contributed by atoms with Crippen molar-refractivity contribution in [2.75, 3.05) is 18.0 Å². The highest BCUT2D eigenvalue weighted by Gasteiger charge is 2.36. The number of hydrogen-bond acceptors (Lipinski definition) is 6. The first kappa shape index (κ1) is 15.6. The summed E-state index contributed by atoms with van der Waals surface area (Å²) in [7, 11) is 0. The van der Waals surface area contributed by atoms with Crippen LogP contribution in [0.25, 0.3) is 0 Å². The van der Waals surface area contributed by atoms with E-state index in [1.54, 1.807) is 0 Å². The average Bonchev–Trinajstić information content (AvgIpc) is 3.20. The lowest BCUT2D eigenvalue weighted by atomic mass is 10.2. The number of aromatic nitrogens is 2. The van der Waals surface area contributed by atoms with Gasteiger partial charge in [-0.25, -0.2) is 0 Å². The molecule has 2 N–H and O–H groups in total. The number of rotatable bonds is 6. The fraction of sp³-hybridized carbons (Fsp3) is 0.438. The van der Waals surface area contributed by atoms with E-state index in [4.69, 9.17) is 10.3 Å². The molecule has 1 aromatic carbocycles. The number of likely N-dealkylation sites (N-methyl/N-ethyl adjacent to an activating group) is 1. The van der Waals surface area contributed by atoms with Crippen LogP contribution in [-0.4, -0.2) is 40.1 Å². The molecule has 1 unspecified atom stereocenters. The van der Waals surface area contributed by atoms with Crippen LogP contribution in [0.1, 0.15) is 25.1 Å². The molecule has 1 amide bonds. The van der Waals surface area contributed by atoms with E-state index in [0.717, 1.165) is 25.2 Å². The lowest BCUT2D eigenvalue weighted by molar-refractivity contribution is -0.121. The van der Waals surface area contributed by atoms with E-state index in [1.807, 2.05) is 42.2 Å². The van der Waals surface area contributed by atoms with Gasteiger partial charge in [-0.15, -0.1) is 0 Å². The molecule has 1 saturated heterocycles. The van der Waals surface area contributed by atoms with Crippen LogP contribution in [0.4, 0.5) is 5.69 Å². The maximum Gasteiger partial charge on any atom is 0.244 e. The summed E-state index contributed by atoms with van der Waals surface area (Å²) < 4.78 is 5.03. The monoisotopic (exact) mass is 315 g/mol. The summed E-state index contributed by atoms with van der Waals surface area (Å²) in [6, 6.07) is 9.61. The van der Waals surface area contributed by atoms with Gasteiger partial charge in [-0.2, -0.15) is 4.98 Å². The van der Waals surface area contributed by atoms with E-state index in [2.05, 4.69) is 15.0 Å². The molecule has 23 heavy (non-hydrogen) atoms. The second kappa shape index (κ2) is 6.89. The Morgan fingerprint density at radius 1 is 1.39 bits per heavy atom. The Labute approximate surface area is 135 Å². The number of carbonyl (C=O) groups excluding carboxylic acids is 1. The Hall–Kier alpha value is -2.25. The largest absolute Gasteiger partial charge is 0.338 e. The van der Waals surface area contributed by atoms with Gasteiger partial charge in [0, 0.05) is 12.2 Å². The minimum Gasteiger partial charge on any atom is -0.338 e. The van der Waals surface area contributed by atoms with Crippen molar-refractivity contribution < 1.29 is 9.32 Å². The van der Waals surface area contributed by atoms with Crippen molar-refractivity contribution in [3.63, 3.8) is 0 Å². The third kappa shape index (κ3) is 3.25. The molecule has 3 rings (SSSR count). The highest BCUT2D eigenvalue weighted by atomic mass is 16.5. The van der Waals surface area contributed by atoms with Crippen molar-refractivity contribution in [3.05, 3.63) is 42.0 Å². The number of nitrogens with zero attached hydrogens (tertiary/aromatic N) is 4. The van der Waals surface area contributed by atoms with E-state index in [9.17, 15) is 4.79 Å². The number of para-hydroxylation sites is 1. The Balaban J connectivity index is 1.71. The van der Waals surface area contributed by atoms with Gasteiger partial charge in [0.15, 0.2) is 5.82 Å². The summed E-state index contributed by atoms with van der Waals surface area (Å²) in [4.78, 5) is 20.9. The van der Waals surface area contributed by atoms with E-state index in [1.165, 1.54) is 0 Å². The second-order valence-electron chi connectivity index (χ2n) is 5.50. The number of anilines is 1. The molecular weight excluding hydrogens is 294 g/mol. The van der Waals surface area contributed by atoms with Gasteiger partial charge >= 0.3 is 0 Å². The number of benzene rings is 1. The predicted molar refractivity (Wildman–Crippen MR) is 85.5 cm³/mol. The van der Waals surface area contributed by atoms with Gasteiger partial charge in [-0.1, -0.05) is 30.3 Å². The molecule has 122 valence electrons. The van der Waals surface area contributed by atoms with Crippen LogP contribution in [0.3, 0.4) is 0 Å². The molecule has 2 aromatic rings. The van der Waals surface area contributed by atoms with Gasteiger partial charge in [0.1, 0.15) is 0 Å². The summed E-state index contributed by atoms with van der Waals surface area (Å²) in [6.45, 7) is 4.21. The van der Waals surface area contributed by atoms with Crippen LogP contribution in [0.15, 0.2) is 34.9 Å². The smallest absolute Gasteiger partial charge is 0.244 e. The zero-order valence-electron chi connectivity index (χ0n) is 13.2. The van der Waals surface area contributed by atoms with Gasteiger partial charge in [0.05, 0.1) is 19.1 Å². The second-order valence-corrected chi connectivity index (χ2v) is 5.50. The Kier molecular flexibility index (Phi) is 4.68. The summed E-state index contributed by atoms with van der Waals surface area (Å²) in [5.41, 5.74) is 6.43. The maximum absolute atomic E-state index is 12.8. The third-order valence-electron chi connectivity index (χ3n) is 4.12. The van der Waals surface area contributed by atoms with Gasteiger partial charge in [0.25, 0.3) is 0 Å². The van der Waals surface area contributed by atoms with Gasteiger partial charge in [-0.05, 0) is 25.1 Å². The highest BCUT2D eigenvalue weighted by molar-refractivity contribution is 5.99. The molecular formula is C16H21N5O2. The Morgan fingerprint density at radius 3 is 2.83 bits per heavy atom. The molecule has 1 aliphatic rings. The third-order valence-corrected chi connectivity index (χ3v) is 4.12. The molecule has 0 saturated carbocycles. The fourth-order valence-electron chi connectivity index (χ4n) is 2.93. The summed E-state index contributed by atoms with van der Waals surface area (Å²) in [5, 5.41) is 3.92. The van der Waals surface area contributed by atoms with E-state index < -0.39 is 0 Å². The standard InChI is InChI=1S/C16H21N5O2/c1-2-20(11-14-18-15(10-17)23-19-14)13-8-9-21(16(13)22)12-6-4-3-5-7-12/h3-7,13H,2,8-11,17H2,1H3. The summed E-state index contributed by atoms with van der Waals surface area (Å²) >= 11 is 0. The van der Waals surface area contributed by atoms with Gasteiger partial charge in [-0.3, -0.25) is 9.69 Å². The number of amides is 1. The topological polar surface area (TPSA) is 88.5 Å². The molecule has 1 aliphatic heterocycles. The predicted octanol–water partition coefficient (Wildman–Crippen LogP) is 1.16. The normalized spacial score (nSPS) is 18.1. The molecule has 0 aliphatic carbocycles. The maximum atomic E-state index is 12.8. The van der Waals surface area contributed by atoms with Crippen LogP contribution < -0.4 is 10.6 Å². The van der Waals surface area contributed by atoms with Gasteiger partial charge in [0.2, 0.25) is 11.8 Å². The molecule has 0 bridgehead atoms. The molecule has 0 spiro atoms. The zero-order chi connectivity index (χ0) is 16.2. The Bertz CT molecular complexity index is 658. The summed E-state index contributed by atoms with van der Waals surface area (Å²) in [6.07, 6.45) is 0.795. The Morgan fingerprint density at radius 2 is 2.17 bits per heavy atom. The van der Waals surface area contributed by atoms with Crippen LogP contribution >= 0.6 is 0 Å². The molecule has 1 atom stereocenters. The number of hydrogen-bond donors (Lipinski definition) is 1. The van der Waals surface area contributed by atoms with Crippen molar-refractivity contribution in [1.29, 1.82) is 0 Å². The first-order chi connectivity index (χ1) is 11.2. The average molecular weight is 315 g/mol. The first-order valence-corrected chi connectivity index (χ1v) is 7.85. The fourth-order valence-corrected chi connectivity index (χ4v) is 2.93. The van der Waals surface area contributed by atoms with Crippen LogP contribution in [-0.2, 0) is 17.9 Å². The SMILES string of the molecule is CCN(Cc1noc(CN)n1)C1CCN(c2ccccc2)C1=O. The highest BCUT2D eigenvalue weighted by Crippen LogP contribution is 2.24. The van der Waals surface area contributed by atoms with E-state index >= 15 is 0 Å². The lowest BCUT2D eigenvalue weighted by Gasteiger charge is -2.25. The molecule has 7 heteroatoms. The first-order valence-electron chi connectivity index (χ1n) is 7.85. The van der Waals surface area contributed by atoms with Gasteiger partial charge < -0.3 is 15.2 Å². The number of nitrogens with two attached hydrogens (primary N) is 1. The molecule has 7 nitrogen and oxygen atoms in total. The minimum atomic E-state index is -0.153. The lowest BCUT2D eigenvalue weighted by Crippen LogP contribution is -2.41. The van der Waals surface area contributed by atoms with Crippen LogP contribution in [0.5, 0.6) is 0 Å². The van der Waals surface area contributed by atoms with Crippen molar-refractivity contribution >= 4 is 11.6 Å². The van der Waals surface area contributed by atoms with Crippen LogP contribution in [0, 0.1) is 0 Å². The zero-order valence-corrected chi connectivity index (χ0v) is 13.2. The quantitative estimate of drug-likeness (QED) is 0.860. The molecule has 1 aromatic heterocycles. The van der Waals surface area contributed by atoms with Crippen molar-refractivity contribution in [1.82, 2.24) is 15.0 Å². The van der Waals surface area contributed by atoms with Crippen molar-refractivity contribution in [3.8, 4) is 0 Å².